The fourth-order valence-corrected chi connectivity index (χ4v) is 2.77. The highest BCUT2D eigenvalue weighted by atomic mass is 16.1. The van der Waals surface area contributed by atoms with Crippen molar-refractivity contribution in [3.05, 3.63) is 71.0 Å². The first kappa shape index (κ1) is 19.4. The molecule has 144 valence electrons. The Labute approximate surface area is 165 Å². The number of hydrogen-bond acceptors (Lipinski definition) is 5. The van der Waals surface area contributed by atoms with Crippen LogP contribution in [0.1, 0.15) is 27.3 Å². The molecule has 0 radical (unpaired) electrons. The maximum atomic E-state index is 12.7. The van der Waals surface area contributed by atoms with Gasteiger partial charge in [0.1, 0.15) is 5.69 Å². The van der Waals surface area contributed by atoms with Gasteiger partial charge in [0, 0.05) is 36.9 Å². The van der Waals surface area contributed by atoms with Gasteiger partial charge in [-0.05, 0) is 68.3 Å². The molecule has 0 aliphatic heterocycles. The van der Waals surface area contributed by atoms with Crippen LogP contribution >= 0.6 is 0 Å². The van der Waals surface area contributed by atoms with Crippen LogP contribution in [0.4, 0.5) is 23.0 Å². The first-order valence-corrected chi connectivity index (χ1v) is 9.10. The molecular formula is C22H25N5O. The van der Waals surface area contributed by atoms with Crippen LogP contribution in [0.25, 0.3) is 0 Å². The lowest BCUT2D eigenvalue weighted by molar-refractivity contribution is 0.102. The summed E-state index contributed by atoms with van der Waals surface area (Å²) in [6.07, 6.45) is 0. The van der Waals surface area contributed by atoms with E-state index in [1.54, 1.807) is 6.07 Å². The number of amides is 1. The molecule has 1 amide bonds. The Morgan fingerprint density at radius 2 is 1.64 bits per heavy atom. The van der Waals surface area contributed by atoms with Crippen molar-refractivity contribution >= 4 is 28.9 Å². The van der Waals surface area contributed by atoms with Gasteiger partial charge in [0.2, 0.25) is 5.95 Å². The largest absolute Gasteiger partial charge is 0.378 e. The second-order valence-electron chi connectivity index (χ2n) is 7.06. The summed E-state index contributed by atoms with van der Waals surface area (Å²) in [5.74, 6) is 0.133. The number of benzene rings is 2. The Hall–Kier alpha value is -3.41. The predicted octanol–water partition coefficient (Wildman–Crippen LogP) is 4.46. The SMILES string of the molecule is Cc1ccc(C)c(Nc2nc(C)cc(C(=O)Nc3ccc(N(C)C)cc3)n2)c1. The van der Waals surface area contributed by atoms with Crippen LogP contribution in [0.2, 0.25) is 0 Å². The Kier molecular flexibility index (Phi) is 5.59. The van der Waals surface area contributed by atoms with Gasteiger partial charge in [-0.25, -0.2) is 9.97 Å². The highest BCUT2D eigenvalue weighted by molar-refractivity contribution is 6.03. The second-order valence-corrected chi connectivity index (χ2v) is 7.06. The van der Waals surface area contributed by atoms with Crippen LogP contribution in [0.3, 0.4) is 0 Å². The summed E-state index contributed by atoms with van der Waals surface area (Å²) in [6.45, 7) is 5.89. The zero-order valence-electron chi connectivity index (χ0n) is 16.9. The predicted molar refractivity (Wildman–Crippen MR) is 115 cm³/mol. The Bertz CT molecular complexity index is 996. The maximum absolute atomic E-state index is 12.7. The molecule has 0 unspecified atom stereocenters. The smallest absolute Gasteiger partial charge is 0.274 e. The normalized spacial score (nSPS) is 10.5. The first-order valence-electron chi connectivity index (χ1n) is 9.10. The van der Waals surface area contributed by atoms with Crippen molar-refractivity contribution in [2.75, 3.05) is 29.6 Å². The van der Waals surface area contributed by atoms with Crippen LogP contribution in [-0.4, -0.2) is 30.0 Å². The number of carbonyl (C=O) groups excluding carboxylic acids is 1. The van der Waals surface area contributed by atoms with Gasteiger partial charge in [-0.1, -0.05) is 12.1 Å². The average molecular weight is 375 g/mol. The minimum atomic E-state index is -0.271. The number of anilines is 4. The molecule has 0 bridgehead atoms. The third-order valence-electron chi connectivity index (χ3n) is 4.37. The molecule has 28 heavy (non-hydrogen) atoms. The highest BCUT2D eigenvalue weighted by Gasteiger charge is 2.12. The average Bonchev–Trinajstić information content (AvgIpc) is 2.64. The van der Waals surface area contributed by atoms with Crippen molar-refractivity contribution < 1.29 is 4.79 Å². The molecule has 6 nitrogen and oxygen atoms in total. The highest BCUT2D eigenvalue weighted by Crippen LogP contribution is 2.21. The topological polar surface area (TPSA) is 70.2 Å². The molecule has 3 rings (SSSR count). The monoisotopic (exact) mass is 375 g/mol. The van der Waals surface area contributed by atoms with Gasteiger partial charge in [0.05, 0.1) is 0 Å². The number of aryl methyl sites for hydroxylation is 3. The summed E-state index contributed by atoms with van der Waals surface area (Å²) < 4.78 is 0. The lowest BCUT2D eigenvalue weighted by Gasteiger charge is -2.13. The second kappa shape index (κ2) is 8.08. The molecule has 2 N–H and O–H groups in total. The van der Waals surface area contributed by atoms with Crippen LogP contribution in [0.15, 0.2) is 48.5 Å². The van der Waals surface area contributed by atoms with E-state index in [0.29, 0.717) is 11.6 Å². The van der Waals surface area contributed by atoms with Crippen molar-refractivity contribution in [3.8, 4) is 0 Å². The van der Waals surface area contributed by atoms with E-state index in [1.807, 2.05) is 76.2 Å². The molecule has 0 aliphatic carbocycles. The minimum absolute atomic E-state index is 0.271. The minimum Gasteiger partial charge on any atom is -0.378 e. The third kappa shape index (κ3) is 4.65. The van der Waals surface area contributed by atoms with Gasteiger partial charge in [0.15, 0.2) is 0 Å². The Balaban J connectivity index is 1.80. The van der Waals surface area contributed by atoms with Crippen LogP contribution in [0, 0.1) is 20.8 Å². The van der Waals surface area contributed by atoms with E-state index in [-0.39, 0.29) is 5.91 Å². The molecule has 6 heteroatoms. The quantitative estimate of drug-likeness (QED) is 0.689. The maximum Gasteiger partial charge on any atom is 0.274 e. The molecule has 1 aromatic heterocycles. The molecule has 0 atom stereocenters. The summed E-state index contributed by atoms with van der Waals surface area (Å²) >= 11 is 0. The van der Waals surface area contributed by atoms with Crippen molar-refractivity contribution in [2.45, 2.75) is 20.8 Å². The fourth-order valence-electron chi connectivity index (χ4n) is 2.77. The van der Waals surface area contributed by atoms with Crippen LogP contribution in [-0.2, 0) is 0 Å². The van der Waals surface area contributed by atoms with E-state index >= 15 is 0 Å². The first-order chi connectivity index (χ1) is 13.3. The number of nitrogens with one attached hydrogen (secondary N) is 2. The summed E-state index contributed by atoms with van der Waals surface area (Å²) in [5.41, 5.74) is 5.97. The van der Waals surface area contributed by atoms with Gasteiger partial charge in [-0.3, -0.25) is 4.79 Å². The zero-order valence-corrected chi connectivity index (χ0v) is 16.9. The van der Waals surface area contributed by atoms with Crippen molar-refractivity contribution in [1.82, 2.24) is 9.97 Å². The van der Waals surface area contributed by atoms with E-state index in [1.165, 1.54) is 0 Å². The number of rotatable bonds is 5. The Morgan fingerprint density at radius 1 is 0.929 bits per heavy atom. The van der Waals surface area contributed by atoms with Crippen molar-refractivity contribution in [2.24, 2.45) is 0 Å². The van der Waals surface area contributed by atoms with Gasteiger partial charge in [-0.15, -0.1) is 0 Å². The third-order valence-corrected chi connectivity index (χ3v) is 4.37. The summed E-state index contributed by atoms with van der Waals surface area (Å²) in [5, 5.41) is 6.11. The van der Waals surface area contributed by atoms with Gasteiger partial charge >= 0.3 is 0 Å². The van der Waals surface area contributed by atoms with E-state index in [9.17, 15) is 4.79 Å². The number of carbonyl (C=O) groups is 1. The lowest BCUT2D eigenvalue weighted by atomic mass is 10.1. The number of aromatic nitrogens is 2. The molecule has 0 fully saturated rings. The molecule has 0 aliphatic rings. The number of nitrogens with zero attached hydrogens (tertiary/aromatic N) is 3. The fraction of sp³-hybridized carbons (Fsp3) is 0.227. The molecule has 0 spiro atoms. The van der Waals surface area contributed by atoms with Gasteiger partial charge < -0.3 is 15.5 Å². The van der Waals surface area contributed by atoms with Gasteiger partial charge in [-0.2, -0.15) is 0 Å². The van der Waals surface area contributed by atoms with Crippen LogP contribution < -0.4 is 15.5 Å². The van der Waals surface area contributed by atoms with E-state index in [2.05, 4.69) is 26.7 Å². The standard InChI is InChI=1S/C22H25N5O/c1-14-6-7-15(2)19(12-14)25-22-23-16(3)13-20(26-22)21(28)24-17-8-10-18(11-9-17)27(4)5/h6-13H,1-5H3,(H,24,28)(H,23,25,26). The van der Waals surface area contributed by atoms with Crippen molar-refractivity contribution in [3.63, 3.8) is 0 Å². The summed E-state index contributed by atoms with van der Waals surface area (Å²) in [6, 6.07) is 15.5. The molecule has 0 saturated carbocycles. The van der Waals surface area contributed by atoms with E-state index in [0.717, 1.165) is 33.9 Å². The molecule has 3 aromatic rings. The molecule has 1 heterocycles. The molecular weight excluding hydrogens is 350 g/mol. The molecule has 0 saturated heterocycles. The number of hydrogen-bond donors (Lipinski definition) is 2. The zero-order chi connectivity index (χ0) is 20.3. The van der Waals surface area contributed by atoms with Crippen LogP contribution in [0.5, 0.6) is 0 Å². The molecule has 2 aromatic carbocycles. The lowest BCUT2D eigenvalue weighted by Crippen LogP contribution is -2.16. The summed E-state index contributed by atoms with van der Waals surface area (Å²) in [7, 11) is 3.95. The van der Waals surface area contributed by atoms with E-state index < -0.39 is 0 Å². The van der Waals surface area contributed by atoms with E-state index in [4.69, 9.17) is 0 Å². The van der Waals surface area contributed by atoms with Crippen molar-refractivity contribution in [1.29, 1.82) is 0 Å². The van der Waals surface area contributed by atoms with Gasteiger partial charge in [0.25, 0.3) is 5.91 Å². The summed E-state index contributed by atoms with van der Waals surface area (Å²) in [4.78, 5) is 23.5. The Morgan fingerprint density at radius 3 is 2.32 bits per heavy atom.